The van der Waals surface area contributed by atoms with Crippen molar-refractivity contribution in [2.75, 3.05) is 18.6 Å². The minimum absolute atomic E-state index is 0.114. The predicted octanol–water partition coefficient (Wildman–Crippen LogP) is 0.408. The first-order valence-corrected chi connectivity index (χ1v) is 7.09. The van der Waals surface area contributed by atoms with E-state index < -0.39 is 11.6 Å². The highest BCUT2D eigenvalue weighted by Gasteiger charge is 2.48. The van der Waals surface area contributed by atoms with Crippen LogP contribution in [0.1, 0.15) is 19.3 Å². The first-order chi connectivity index (χ1) is 10.0. The summed E-state index contributed by atoms with van der Waals surface area (Å²) in [4.78, 5) is 26.1. The van der Waals surface area contributed by atoms with Gasteiger partial charge in [0.1, 0.15) is 11.8 Å². The number of amides is 2. The number of benzene rings is 1. The van der Waals surface area contributed by atoms with E-state index in [2.05, 4.69) is 5.32 Å². The molecule has 0 radical (unpaired) electrons. The lowest BCUT2D eigenvalue weighted by Gasteiger charge is -2.20. The molecule has 1 aromatic carbocycles. The van der Waals surface area contributed by atoms with Gasteiger partial charge in [0, 0.05) is 6.54 Å². The molecule has 0 aromatic heterocycles. The SMILES string of the molecule is COc1ccccc1N1CCC(NC(=O)C2(N)CC2)C1=O. The quantitative estimate of drug-likeness (QED) is 0.840. The standard InChI is InChI=1S/C15H19N3O3/c1-21-12-5-3-2-4-11(12)18-9-6-10(13(18)19)17-14(20)15(16)7-8-15/h2-5,10H,6-9,16H2,1H3,(H,17,20). The van der Waals surface area contributed by atoms with Crippen LogP contribution < -0.4 is 20.7 Å². The summed E-state index contributed by atoms with van der Waals surface area (Å²) < 4.78 is 5.29. The predicted molar refractivity (Wildman–Crippen MR) is 78.0 cm³/mol. The van der Waals surface area contributed by atoms with Gasteiger partial charge < -0.3 is 20.7 Å². The van der Waals surface area contributed by atoms with Gasteiger partial charge >= 0.3 is 0 Å². The molecule has 1 saturated carbocycles. The van der Waals surface area contributed by atoms with E-state index in [-0.39, 0.29) is 11.8 Å². The number of hydrogen-bond donors (Lipinski definition) is 2. The van der Waals surface area contributed by atoms with E-state index in [0.717, 1.165) is 5.69 Å². The average molecular weight is 289 g/mol. The fourth-order valence-electron chi connectivity index (χ4n) is 2.57. The molecule has 1 heterocycles. The van der Waals surface area contributed by atoms with Gasteiger partial charge in [0.25, 0.3) is 0 Å². The Morgan fingerprint density at radius 3 is 2.81 bits per heavy atom. The molecule has 3 rings (SSSR count). The molecule has 1 saturated heterocycles. The van der Waals surface area contributed by atoms with E-state index >= 15 is 0 Å². The maximum absolute atomic E-state index is 12.5. The maximum Gasteiger partial charge on any atom is 0.249 e. The van der Waals surface area contributed by atoms with E-state index in [1.807, 2.05) is 24.3 Å². The highest BCUT2D eigenvalue weighted by atomic mass is 16.5. The number of ether oxygens (including phenoxy) is 1. The number of nitrogens with zero attached hydrogens (tertiary/aromatic N) is 1. The molecular formula is C15H19N3O3. The molecule has 0 spiro atoms. The molecule has 2 aliphatic rings. The molecule has 1 aliphatic heterocycles. The highest BCUT2D eigenvalue weighted by Crippen LogP contribution is 2.34. The van der Waals surface area contributed by atoms with Crippen molar-refractivity contribution in [1.29, 1.82) is 0 Å². The Labute approximate surface area is 123 Å². The third-order valence-electron chi connectivity index (χ3n) is 4.13. The third-order valence-corrected chi connectivity index (χ3v) is 4.13. The zero-order valence-electron chi connectivity index (χ0n) is 12.0. The minimum Gasteiger partial charge on any atom is -0.495 e. The van der Waals surface area contributed by atoms with Crippen molar-refractivity contribution in [3.05, 3.63) is 24.3 Å². The van der Waals surface area contributed by atoms with Crippen molar-refractivity contribution in [1.82, 2.24) is 5.32 Å². The second kappa shape index (κ2) is 5.04. The van der Waals surface area contributed by atoms with Crippen LogP contribution in [0.5, 0.6) is 5.75 Å². The first-order valence-electron chi connectivity index (χ1n) is 7.09. The summed E-state index contributed by atoms with van der Waals surface area (Å²) in [5.41, 5.74) is 5.83. The van der Waals surface area contributed by atoms with Crippen molar-refractivity contribution in [3.8, 4) is 5.75 Å². The van der Waals surface area contributed by atoms with Gasteiger partial charge in [0.2, 0.25) is 11.8 Å². The van der Waals surface area contributed by atoms with Crippen LogP contribution in [0.2, 0.25) is 0 Å². The van der Waals surface area contributed by atoms with Crippen LogP contribution in [0.15, 0.2) is 24.3 Å². The first kappa shape index (κ1) is 13.9. The summed E-state index contributed by atoms with van der Waals surface area (Å²) in [7, 11) is 1.57. The molecule has 1 atom stereocenters. The fraction of sp³-hybridized carbons (Fsp3) is 0.467. The number of methoxy groups -OCH3 is 1. The van der Waals surface area contributed by atoms with Crippen molar-refractivity contribution >= 4 is 17.5 Å². The second-order valence-electron chi connectivity index (χ2n) is 5.63. The summed E-state index contributed by atoms with van der Waals surface area (Å²) >= 11 is 0. The fourth-order valence-corrected chi connectivity index (χ4v) is 2.57. The molecule has 0 bridgehead atoms. The van der Waals surface area contributed by atoms with Gasteiger partial charge in [-0.2, -0.15) is 0 Å². The topological polar surface area (TPSA) is 84.7 Å². The lowest BCUT2D eigenvalue weighted by molar-refractivity contribution is -0.127. The van der Waals surface area contributed by atoms with Crippen molar-refractivity contribution < 1.29 is 14.3 Å². The summed E-state index contributed by atoms with van der Waals surface area (Å²) in [6, 6.07) is 6.87. The van der Waals surface area contributed by atoms with Crippen LogP contribution in [0.25, 0.3) is 0 Å². The van der Waals surface area contributed by atoms with Gasteiger partial charge in [-0.1, -0.05) is 12.1 Å². The summed E-state index contributed by atoms with van der Waals surface area (Å²) in [6.07, 6.45) is 1.96. The largest absolute Gasteiger partial charge is 0.495 e. The second-order valence-corrected chi connectivity index (χ2v) is 5.63. The van der Waals surface area contributed by atoms with Crippen molar-refractivity contribution in [2.24, 2.45) is 5.73 Å². The van der Waals surface area contributed by atoms with E-state index in [9.17, 15) is 9.59 Å². The lowest BCUT2D eigenvalue weighted by Crippen LogP contribution is -2.49. The Kier molecular flexibility index (Phi) is 3.33. The molecule has 6 heteroatoms. The van der Waals surface area contributed by atoms with Crippen LogP contribution >= 0.6 is 0 Å². The van der Waals surface area contributed by atoms with E-state index in [4.69, 9.17) is 10.5 Å². The van der Waals surface area contributed by atoms with Crippen LogP contribution in [0.4, 0.5) is 5.69 Å². The van der Waals surface area contributed by atoms with Crippen LogP contribution in [0, 0.1) is 0 Å². The Hall–Kier alpha value is -2.08. The Bertz CT molecular complexity index is 583. The van der Waals surface area contributed by atoms with Gasteiger partial charge in [-0.15, -0.1) is 0 Å². The molecule has 1 unspecified atom stereocenters. The van der Waals surface area contributed by atoms with E-state index in [1.54, 1.807) is 12.0 Å². The lowest BCUT2D eigenvalue weighted by atomic mass is 10.2. The van der Waals surface area contributed by atoms with Crippen LogP contribution in [-0.2, 0) is 9.59 Å². The summed E-state index contributed by atoms with van der Waals surface area (Å²) in [6.45, 7) is 0.557. The third kappa shape index (κ3) is 2.47. The maximum atomic E-state index is 12.5. The van der Waals surface area contributed by atoms with Gasteiger partial charge in [-0.3, -0.25) is 9.59 Å². The number of anilines is 1. The van der Waals surface area contributed by atoms with Crippen molar-refractivity contribution in [2.45, 2.75) is 30.8 Å². The van der Waals surface area contributed by atoms with Gasteiger partial charge in [0.05, 0.1) is 18.3 Å². The normalized spacial score (nSPS) is 23.0. The van der Waals surface area contributed by atoms with Crippen LogP contribution in [-0.4, -0.2) is 37.0 Å². The average Bonchev–Trinajstić information content (AvgIpc) is 3.16. The Balaban J connectivity index is 1.73. The monoisotopic (exact) mass is 289 g/mol. The molecule has 21 heavy (non-hydrogen) atoms. The molecule has 1 aliphatic carbocycles. The zero-order chi connectivity index (χ0) is 15.0. The Morgan fingerprint density at radius 2 is 2.14 bits per heavy atom. The number of rotatable bonds is 4. The Morgan fingerprint density at radius 1 is 1.43 bits per heavy atom. The van der Waals surface area contributed by atoms with Gasteiger partial charge in [-0.25, -0.2) is 0 Å². The molecule has 6 nitrogen and oxygen atoms in total. The number of hydrogen-bond acceptors (Lipinski definition) is 4. The van der Waals surface area contributed by atoms with E-state index in [0.29, 0.717) is 31.6 Å². The molecule has 2 amide bonds. The molecular weight excluding hydrogens is 270 g/mol. The molecule has 1 aromatic rings. The van der Waals surface area contributed by atoms with Crippen LogP contribution in [0.3, 0.4) is 0 Å². The van der Waals surface area contributed by atoms with Gasteiger partial charge in [-0.05, 0) is 31.4 Å². The van der Waals surface area contributed by atoms with Gasteiger partial charge in [0.15, 0.2) is 0 Å². The number of para-hydroxylation sites is 2. The molecule has 112 valence electrons. The zero-order valence-corrected chi connectivity index (χ0v) is 12.0. The summed E-state index contributed by atoms with van der Waals surface area (Å²) in [5.74, 6) is 0.315. The number of nitrogens with one attached hydrogen (secondary N) is 1. The number of carbonyl (C=O) groups is 2. The molecule has 3 N–H and O–H groups in total. The minimum atomic E-state index is -0.752. The number of nitrogens with two attached hydrogens (primary N) is 1. The highest BCUT2D eigenvalue weighted by molar-refractivity contribution is 6.03. The van der Waals surface area contributed by atoms with E-state index in [1.165, 1.54) is 0 Å². The number of carbonyl (C=O) groups excluding carboxylic acids is 2. The van der Waals surface area contributed by atoms with Crippen molar-refractivity contribution in [3.63, 3.8) is 0 Å². The molecule has 2 fully saturated rings. The smallest absolute Gasteiger partial charge is 0.249 e. The summed E-state index contributed by atoms with van der Waals surface area (Å²) in [5, 5.41) is 2.77.